The van der Waals surface area contributed by atoms with Gasteiger partial charge in [0.2, 0.25) is 5.95 Å². The SMILES string of the molecule is Cc1nc(N(C)C)nc(C)c1NS(=O)(=O)/C=C/c1ccccc1. The minimum atomic E-state index is -3.64. The van der Waals surface area contributed by atoms with Gasteiger partial charge >= 0.3 is 0 Å². The van der Waals surface area contributed by atoms with E-state index in [2.05, 4.69) is 14.7 Å². The molecule has 1 aromatic carbocycles. The molecule has 1 aromatic heterocycles. The number of aryl methyl sites for hydroxylation is 2. The van der Waals surface area contributed by atoms with Crippen LogP contribution in [0.15, 0.2) is 35.7 Å². The lowest BCUT2D eigenvalue weighted by Crippen LogP contribution is -2.17. The molecule has 0 unspecified atom stereocenters. The van der Waals surface area contributed by atoms with E-state index in [0.717, 1.165) is 11.0 Å². The van der Waals surface area contributed by atoms with E-state index in [4.69, 9.17) is 0 Å². The van der Waals surface area contributed by atoms with Crippen molar-refractivity contribution in [3.8, 4) is 0 Å². The van der Waals surface area contributed by atoms with Crippen molar-refractivity contribution in [3.63, 3.8) is 0 Å². The molecule has 0 aliphatic rings. The fourth-order valence-electron chi connectivity index (χ4n) is 1.95. The van der Waals surface area contributed by atoms with Crippen molar-refractivity contribution in [3.05, 3.63) is 52.7 Å². The van der Waals surface area contributed by atoms with Gasteiger partial charge < -0.3 is 4.90 Å². The normalized spacial score (nSPS) is 11.7. The molecule has 0 radical (unpaired) electrons. The van der Waals surface area contributed by atoms with Crippen molar-refractivity contribution < 1.29 is 8.42 Å². The van der Waals surface area contributed by atoms with Gasteiger partial charge in [0.1, 0.15) is 0 Å². The van der Waals surface area contributed by atoms with E-state index in [1.165, 1.54) is 0 Å². The monoisotopic (exact) mass is 332 g/mol. The molecule has 1 N–H and O–H groups in total. The average molecular weight is 332 g/mol. The predicted octanol–water partition coefficient (Wildman–Crippen LogP) is 2.57. The summed E-state index contributed by atoms with van der Waals surface area (Å²) in [5.41, 5.74) is 2.38. The van der Waals surface area contributed by atoms with Gasteiger partial charge in [-0.15, -0.1) is 0 Å². The summed E-state index contributed by atoms with van der Waals surface area (Å²) in [5, 5.41) is 1.14. The Kier molecular flexibility index (Phi) is 5.00. The first-order valence-electron chi connectivity index (χ1n) is 7.07. The van der Waals surface area contributed by atoms with Gasteiger partial charge in [0.25, 0.3) is 10.0 Å². The highest BCUT2D eigenvalue weighted by Crippen LogP contribution is 2.21. The second-order valence-electron chi connectivity index (χ2n) is 5.32. The largest absolute Gasteiger partial charge is 0.347 e. The molecule has 122 valence electrons. The lowest BCUT2D eigenvalue weighted by atomic mass is 10.2. The second kappa shape index (κ2) is 6.78. The summed E-state index contributed by atoms with van der Waals surface area (Å²) in [5.74, 6) is 0.544. The molecule has 6 nitrogen and oxygen atoms in total. The van der Waals surface area contributed by atoms with Gasteiger partial charge in [0.15, 0.2) is 0 Å². The van der Waals surface area contributed by atoms with E-state index in [9.17, 15) is 8.42 Å². The molecule has 0 saturated heterocycles. The molecule has 0 aliphatic carbocycles. The number of hydrogen-bond donors (Lipinski definition) is 1. The minimum Gasteiger partial charge on any atom is -0.347 e. The molecule has 7 heteroatoms. The highest BCUT2D eigenvalue weighted by atomic mass is 32.2. The van der Waals surface area contributed by atoms with Crippen LogP contribution in [-0.4, -0.2) is 32.5 Å². The van der Waals surface area contributed by atoms with E-state index >= 15 is 0 Å². The van der Waals surface area contributed by atoms with Crippen LogP contribution in [0, 0.1) is 13.8 Å². The zero-order valence-corrected chi connectivity index (χ0v) is 14.4. The lowest BCUT2D eigenvalue weighted by Gasteiger charge is -2.15. The smallest absolute Gasteiger partial charge is 0.255 e. The first-order valence-corrected chi connectivity index (χ1v) is 8.61. The van der Waals surface area contributed by atoms with Crippen molar-refractivity contribution in [2.75, 3.05) is 23.7 Å². The fourth-order valence-corrected chi connectivity index (χ4v) is 2.94. The van der Waals surface area contributed by atoms with E-state index in [1.807, 2.05) is 44.4 Å². The molecule has 0 amide bonds. The lowest BCUT2D eigenvalue weighted by molar-refractivity contribution is 0.609. The Morgan fingerprint density at radius 3 is 2.13 bits per heavy atom. The number of anilines is 2. The van der Waals surface area contributed by atoms with Crippen LogP contribution in [0.4, 0.5) is 11.6 Å². The number of nitrogens with one attached hydrogen (secondary N) is 1. The van der Waals surface area contributed by atoms with Crippen LogP contribution in [0.3, 0.4) is 0 Å². The van der Waals surface area contributed by atoms with Crippen LogP contribution in [0.5, 0.6) is 0 Å². The molecular formula is C16H20N4O2S. The zero-order valence-electron chi connectivity index (χ0n) is 13.6. The number of rotatable bonds is 5. The number of hydrogen-bond acceptors (Lipinski definition) is 5. The van der Waals surface area contributed by atoms with Crippen LogP contribution >= 0.6 is 0 Å². The molecule has 0 spiro atoms. The van der Waals surface area contributed by atoms with Crippen LogP contribution < -0.4 is 9.62 Å². The summed E-state index contributed by atoms with van der Waals surface area (Å²) in [6, 6.07) is 9.24. The van der Waals surface area contributed by atoms with Crippen LogP contribution in [-0.2, 0) is 10.0 Å². The van der Waals surface area contributed by atoms with Gasteiger partial charge in [-0.3, -0.25) is 4.72 Å². The second-order valence-corrected chi connectivity index (χ2v) is 6.89. The van der Waals surface area contributed by atoms with Crippen molar-refractivity contribution in [2.24, 2.45) is 0 Å². The molecule has 1 heterocycles. The van der Waals surface area contributed by atoms with Crippen molar-refractivity contribution in [1.82, 2.24) is 9.97 Å². The van der Waals surface area contributed by atoms with Crippen LogP contribution in [0.25, 0.3) is 6.08 Å². The predicted molar refractivity (Wildman–Crippen MR) is 93.9 cm³/mol. The van der Waals surface area contributed by atoms with Gasteiger partial charge in [-0.2, -0.15) is 0 Å². The minimum absolute atomic E-state index is 0.410. The maximum Gasteiger partial charge on any atom is 0.255 e. The fraction of sp³-hybridized carbons (Fsp3) is 0.250. The quantitative estimate of drug-likeness (QED) is 0.911. The first-order chi connectivity index (χ1) is 10.8. The van der Waals surface area contributed by atoms with Crippen molar-refractivity contribution in [1.29, 1.82) is 0 Å². The highest BCUT2D eigenvalue weighted by molar-refractivity contribution is 7.95. The zero-order chi connectivity index (χ0) is 17.0. The molecule has 0 atom stereocenters. The Morgan fingerprint density at radius 1 is 1.04 bits per heavy atom. The van der Waals surface area contributed by atoms with Crippen molar-refractivity contribution in [2.45, 2.75) is 13.8 Å². The summed E-state index contributed by atoms with van der Waals surface area (Å²) >= 11 is 0. The summed E-state index contributed by atoms with van der Waals surface area (Å²) in [4.78, 5) is 10.4. The van der Waals surface area contributed by atoms with Gasteiger partial charge in [0.05, 0.1) is 22.5 Å². The third-order valence-electron chi connectivity index (χ3n) is 3.14. The number of aromatic nitrogens is 2. The third-order valence-corrected chi connectivity index (χ3v) is 4.13. The summed E-state index contributed by atoms with van der Waals surface area (Å²) in [7, 11) is 0.0329. The van der Waals surface area contributed by atoms with Gasteiger partial charge in [0, 0.05) is 14.1 Å². The topological polar surface area (TPSA) is 75.2 Å². The summed E-state index contributed by atoms with van der Waals surface area (Å²) in [6.45, 7) is 3.50. The number of benzene rings is 1. The average Bonchev–Trinajstić information content (AvgIpc) is 2.50. The Bertz CT molecular complexity index is 792. The third kappa shape index (κ3) is 4.53. The van der Waals surface area contributed by atoms with Gasteiger partial charge in [-0.25, -0.2) is 18.4 Å². The first kappa shape index (κ1) is 17.0. The van der Waals surface area contributed by atoms with E-state index in [0.29, 0.717) is 23.0 Å². The Hall–Kier alpha value is -2.41. The van der Waals surface area contributed by atoms with Crippen LogP contribution in [0.1, 0.15) is 17.0 Å². The molecule has 2 aromatic rings. The number of nitrogens with zero attached hydrogens (tertiary/aromatic N) is 3. The number of sulfonamides is 1. The Labute approximate surface area is 136 Å². The van der Waals surface area contributed by atoms with E-state index in [1.54, 1.807) is 24.8 Å². The van der Waals surface area contributed by atoms with Crippen molar-refractivity contribution >= 4 is 27.7 Å². The maximum absolute atomic E-state index is 12.2. The Balaban J connectivity index is 2.26. The highest BCUT2D eigenvalue weighted by Gasteiger charge is 2.14. The molecule has 0 bridgehead atoms. The maximum atomic E-state index is 12.2. The van der Waals surface area contributed by atoms with Gasteiger partial charge in [-0.1, -0.05) is 30.3 Å². The molecular weight excluding hydrogens is 312 g/mol. The molecule has 2 rings (SSSR count). The summed E-state index contributed by atoms with van der Waals surface area (Å²) in [6.07, 6.45) is 1.54. The van der Waals surface area contributed by atoms with Gasteiger partial charge in [-0.05, 0) is 25.5 Å². The van der Waals surface area contributed by atoms with E-state index in [-0.39, 0.29) is 0 Å². The molecule has 23 heavy (non-hydrogen) atoms. The molecule has 0 fully saturated rings. The molecule has 0 aliphatic heterocycles. The standard InChI is InChI=1S/C16H20N4O2S/c1-12-15(13(2)18-16(17-12)20(3)4)19-23(21,22)11-10-14-8-6-5-7-9-14/h5-11,19H,1-4H3/b11-10+. The van der Waals surface area contributed by atoms with Crippen LogP contribution in [0.2, 0.25) is 0 Å². The summed E-state index contributed by atoms with van der Waals surface area (Å²) < 4.78 is 27.0. The molecule has 0 saturated carbocycles. The Morgan fingerprint density at radius 2 is 1.61 bits per heavy atom. The van der Waals surface area contributed by atoms with E-state index < -0.39 is 10.0 Å².